The summed E-state index contributed by atoms with van der Waals surface area (Å²) in [7, 11) is 0. The van der Waals surface area contributed by atoms with Crippen molar-refractivity contribution in [3.8, 4) is 28.1 Å². The fourth-order valence-electron chi connectivity index (χ4n) is 4.72. The molecule has 1 aliphatic carbocycles. The van der Waals surface area contributed by atoms with Crippen molar-refractivity contribution >= 4 is 18.3 Å². The van der Waals surface area contributed by atoms with E-state index in [1.807, 2.05) is 28.8 Å². The van der Waals surface area contributed by atoms with Crippen molar-refractivity contribution in [3.05, 3.63) is 65.9 Å². The first kappa shape index (κ1) is 25.1. The second-order valence-electron chi connectivity index (χ2n) is 9.49. The first-order valence-corrected chi connectivity index (χ1v) is 11.4. The van der Waals surface area contributed by atoms with Crippen molar-refractivity contribution in [2.75, 3.05) is 6.54 Å². The number of aromatic nitrogens is 1. The standard InChI is InChI=1S/C26H26F3N3O2.ClH/c1-15(2)22-14-31-24(33)21-13-20(17-4-3-5-19(12-17)34-26(27,28)29)23(32(21)22)16-6-8-18(9-7-16)25(30)10-11-25;/h3-9,12-13,15,22H,10-11,14,30H2,1-2H3,(H,31,33);1H/t22-;/m1./s1. The molecular weight excluding hydrogens is 479 g/mol. The van der Waals surface area contributed by atoms with Gasteiger partial charge in [-0.25, -0.2) is 0 Å². The van der Waals surface area contributed by atoms with Crippen LogP contribution >= 0.6 is 12.4 Å². The molecule has 1 aromatic heterocycles. The lowest BCUT2D eigenvalue weighted by Gasteiger charge is -2.31. The molecule has 0 bridgehead atoms. The Morgan fingerprint density at radius 3 is 2.37 bits per heavy atom. The molecule has 3 N–H and O–H groups in total. The molecule has 1 atom stereocenters. The molecule has 0 radical (unpaired) electrons. The van der Waals surface area contributed by atoms with Crippen LogP contribution in [0.2, 0.25) is 0 Å². The lowest BCUT2D eigenvalue weighted by Crippen LogP contribution is -2.40. The number of rotatable bonds is 5. The molecule has 1 saturated carbocycles. The van der Waals surface area contributed by atoms with Gasteiger partial charge < -0.3 is 20.4 Å². The number of nitrogens with one attached hydrogen (secondary N) is 1. The number of fused-ring (bicyclic) bond motifs is 1. The highest BCUT2D eigenvalue weighted by atomic mass is 35.5. The quantitative estimate of drug-likeness (QED) is 0.445. The Morgan fingerprint density at radius 1 is 1.09 bits per heavy atom. The number of nitrogens with two attached hydrogens (primary N) is 1. The third kappa shape index (κ3) is 4.77. The van der Waals surface area contributed by atoms with Gasteiger partial charge in [0.1, 0.15) is 11.4 Å². The summed E-state index contributed by atoms with van der Waals surface area (Å²) >= 11 is 0. The van der Waals surface area contributed by atoms with Crippen LogP contribution in [0.15, 0.2) is 54.6 Å². The molecule has 2 aromatic carbocycles. The molecule has 2 heterocycles. The van der Waals surface area contributed by atoms with Crippen LogP contribution in [0.3, 0.4) is 0 Å². The van der Waals surface area contributed by atoms with E-state index in [1.54, 1.807) is 12.1 Å². The van der Waals surface area contributed by atoms with Crippen molar-refractivity contribution in [1.82, 2.24) is 9.88 Å². The minimum atomic E-state index is -4.79. The maximum atomic E-state index is 12.8. The van der Waals surface area contributed by atoms with Gasteiger partial charge in [0.05, 0.1) is 11.7 Å². The lowest BCUT2D eigenvalue weighted by molar-refractivity contribution is -0.274. The number of ether oxygens (including phenoxy) is 1. The molecular formula is C26H27ClF3N3O2. The molecule has 5 nitrogen and oxygen atoms in total. The summed E-state index contributed by atoms with van der Waals surface area (Å²) < 4.78 is 44.7. The largest absolute Gasteiger partial charge is 0.573 e. The molecule has 0 spiro atoms. The third-order valence-corrected chi connectivity index (χ3v) is 6.74. The molecule has 1 fully saturated rings. The Balaban J connectivity index is 0.00000289. The van der Waals surface area contributed by atoms with Gasteiger partial charge >= 0.3 is 6.36 Å². The second-order valence-corrected chi connectivity index (χ2v) is 9.49. The van der Waals surface area contributed by atoms with Crippen LogP contribution in [0.25, 0.3) is 22.4 Å². The molecule has 3 aromatic rings. The van der Waals surface area contributed by atoms with Crippen LogP contribution in [0.1, 0.15) is 48.8 Å². The highest BCUT2D eigenvalue weighted by Gasteiger charge is 2.40. The van der Waals surface area contributed by atoms with Gasteiger partial charge in [-0.3, -0.25) is 4.79 Å². The normalized spacial score (nSPS) is 18.5. The molecule has 1 aliphatic heterocycles. The van der Waals surface area contributed by atoms with E-state index >= 15 is 0 Å². The van der Waals surface area contributed by atoms with Gasteiger partial charge in [-0.05, 0) is 53.6 Å². The van der Waals surface area contributed by atoms with Crippen LogP contribution in [0, 0.1) is 5.92 Å². The van der Waals surface area contributed by atoms with E-state index in [0.29, 0.717) is 23.4 Å². The number of hydrogen-bond donors (Lipinski definition) is 2. The predicted molar refractivity (Wildman–Crippen MR) is 131 cm³/mol. The number of halogens is 4. The van der Waals surface area contributed by atoms with E-state index in [1.165, 1.54) is 18.2 Å². The Morgan fingerprint density at radius 2 is 1.77 bits per heavy atom. The van der Waals surface area contributed by atoms with Crippen molar-refractivity contribution in [3.63, 3.8) is 0 Å². The smallest absolute Gasteiger partial charge is 0.406 e. The predicted octanol–water partition coefficient (Wildman–Crippen LogP) is 6.03. The van der Waals surface area contributed by atoms with Crippen LogP contribution < -0.4 is 15.8 Å². The first-order chi connectivity index (χ1) is 16.1. The van der Waals surface area contributed by atoms with Crippen LogP contribution in [0.4, 0.5) is 13.2 Å². The molecule has 1 amide bonds. The summed E-state index contributed by atoms with van der Waals surface area (Å²) in [6.07, 6.45) is -2.90. The number of carbonyl (C=O) groups excluding carboxylic acids is 1. The molecule has 35 heavy (non-hydrogen) atoms. The number of hydrogen-bond acceptors (Lipinski definition) is 3. The van der Waals surface area contributed by atoms with E-state index in [0.717, 1.165) is 29.7 Å². The summed E-state index contributed by atoms with van der Waals surface area (Å²) in [5.41, 5.74) is 10.5. The number of benzene rings is 2. The minimum Gasteiger partial charge on any atom is -0.406 e. The fourth-order valence-corrected chi connectivity index (χ4v) is 4.72. The van der Waals surface area contributed by atoms with E-state index in [9.17, 15) is 18.0 Å². The third-order valence-electron chi connectivity index (χ3n) is 6.74. The van der Waals surface area contributed by atoms with E-state index in [2.05, 4.69) is 23.9 Å². The Labute approximate surface area is 207 Å². The zero-order valence-electron chi connectivity index (χ0n) is 19.4. The Hall–Kier alpha value is -2.97. The van der Waals surface area contributed by atoms with Crippen molar-refractivity contribution < 1.29 is 22.7 Å². The number of carbonyl (C=O) groups is 1. The maximum absolute atomic E-state index is 12.8. The maximum Gasteiger partial charge on any atom is 0.573 e. The Kier molecular flexibility index (Phi) is 6.40. The van der Waals surface area contributed by atoms with E-state index in [-0.39, 0.29) is 41.6 Å². The number of amides is 1. The summed E-state index contributed by atoms with van der Waals surface area (Å²) in [4.78, 5) is 12.8. The SMILES string of the molecule is CC(C)[C@H]1CNC(=O)c2cc(-c3cccc(OC(F)(F)F)c3)c(-c3ccc(C4(N)CC4)cc3)n21.Cl. The monoisotopic (exact) mass is 505 g/mol. The lowest BCUT2D eigenvalue weighted by atomic mass is 9.97. The summed E-state index contributed by atoms with van der Waals surface area (Å²) in [5, 5.41) is 2.94. The summed E-state index contributed by atoms with van der Waals surface area (Å²) in [6, 6.07) is 15.6. The molecule has 0 unspecified atom stereocenters. The fraction of sp³-hybridized carbons (Fsp3) is 0.346. The minimum absolute atomic E-state index is 0. The van der Waals surface area contributed by atoms with E-state index < -0.39 is 6.36 Å². The van der Waals surface area contributed by atoms with E-state index in [4.69, 9.17) is 5.73 Å². The first-order valence-electron chi connectivity index (χ1n) is 11.4. The van der Waals surface area contributed by atoms with Gasteiger partial charge in [-0.1, -0.05) is 50.2 Å². The highest BCUT2D eigenvalue weighted by molar-refractivity contribution is 5.98. The average molecular weight is 506 g/mol. The van der Waals surface area contributed by atoms with Crippen LogP contribution in [-0.2, 0) is 5.54 Å². The van der Waals surface area contributed by atoms with Crippen molar-refractivity contribution in [2.24, 2.45) is 11.7 Å². The van der Waals surface area contributed by atoms with Gasteiger partial charge in [0.15, 0.2) is 0 Å². The van der Waals surface area contributed by atoms with Gasteiger partial charge in [0.25, 0.3) is 5.91 Å². The molecule has 0 saturated heterocycles. The zero-order chi connectivity index (χ0) is 24.3. The summed E-state index contributed by atoms with van der Waals surface area (Å²) in [5.74, 6) is -0.293. The van der Waals surface area contributed by atoms with Crippen LogP contribution in [0.5, 0.6) is 5.75 Å². The molecule has 2 aliphatic rings. The highest BCUT2D eigenvalue weighted by Crippen LogP contribution is 2.45. The van der Waals surface area contributed by atoms with Gasteiger partial charge in [-0.15, -0.1) is 25.6 Å². The summed E-state index contributed by atoms with van der Waals surface area (Å²) in [6.45, 7) is 4.65. The topological polar surface area (TPSA) is 69.3 Å². The molecule has 9 heteroatoms. The molecule has 5 rings (SSSR count). The molecule has 186 valence electrons. The number of nitrogens with zero attached hydrogens (tertiary/aromatic N) is 1. The Bertz CT molecular complexity index is 1250. The van der Waals surface area contributed by atoms with Gasteiger partial charge in [0, 0.05) is 17.6 Å². The van der Waals surface area contributed by atoms with Crippen molar-refractivity contribution in [2.45, 2.75) is 44.6 Å². The van der Waals surface area contributed by atoms with Crippen molar-refractivity contribution in [1.29, 1.82) is 0 Å². The second kappa shape index (κ2) is 8.91. The van der Waals surface area contributed by atoms with Gasteiger partial charge in [0.2, 0.25) is 0 Å². The van der Waals surface area contributed by atoms with Gasteiger partial charge in [-0.2, -0.15) is 0 Å². The number of alkyl halides is 3. The van der Waals surface area contributed by atoms with Crippen LogP contribution in [-0.4, -0.2) is 23.4 Å². The average Bonchev–Trinajstić information content (AvgIpc) is 3.39. The zero-order valence-corrected chi connectivity index (χ0v) is 20.2.